The zero-order chi connectivity index (χ0) is 13.7. The summed E-state index contributed by atoms with van der Waals surface area (Å²) in [5.41, 5.74) is 0.890. The summed E-state index contributed by atoms with van der Waals surface area (Å²) in [5, 5.41) is 6.71. The van der Waals surface area contributed by atoms with E-state index in [0.29, 0.717) is 18.1 Å². The number of carbonyl (C=O) groups is 1. The molecule has 19 heavy (non-hydrogen) atoms. The molecule has 0 aliphatic heterocycles. The first-order valence-corrected chi connectivity index (χ1v) is 6.05. The van der Waals surface area contributed by atoms with E-state index >= 15 is 0 Å². The lowest BCUT2D eigenvalue weighted by molar-refractivity contribution is -0.117. The summed E-state index contributed by atoms with van der Waals surface area (Å²) < 4.78 is 5.09. The zero-order valence-corrected chi connectivity index (χ0v) is 10.7. The smallest absolute Gasteiger partial charge is 0.244 e. The molecule has 0 aliphatic rings. The number of rotatable bonds is 5. The minimum atomic E-state index is -0.434. The lowest BCUT2D eigenvalue weighted by Crippen LogP contribution is -2.28. The van der Waals surface area contributed by atoms with Gasteiger partial charge in [-0.3, -0.25) is 4.79 Å². The average molecular weight is 257 g/mol. The Morgan fingerprint density at radius 1 is 1.47 bits per heavy atom. The minimum absolute atomic E-state index is 0.281. The van der Waals surface area contributed by atoms with E-state index in [4.69, 9.17) is 4.52 Å². The van der Waals surface area contributed by atoms with Crippen LogP contribution in [0.25, 0.3) is 0 Å². The molecule has 1 heterocycles. The Balaban J connectivity index is 2.33. The highest BCUT2D eigenvalue weighted by Crippen LogP contribution is 2.19. The second-order valence-corrected chi connectivity index (χ2v) is 3.96. The van der Waals surface area contributed by atoms with Crippen LogP contribution in [-0.2, 0) is 11.2 Å². The molecule has 2 aromatic rings. The third kappa shape index (κ3) is 3.07. The number of nitrogens with one attached hydrogen (secondary N) is 1. The topological polar surface area (TPSA) is 68.0 Å². The van der Waals surface area contributed by atoms with Gasteiger partial charge in [0.2, 0.25) is 11.8 Å². The van der Waals surface area contributed by atoms with E-state index in [0.717, 1.165) is 5.56 Å². The quantitative estimate of drug-likeness (QED) is 0.832. The maximum absolute atomic E-state index is 11.5. The molecule has 0 spiro atoms. The van der Waals surface area contributed by atoms with Crippen molar-refractivity contribution in [1.29, 1.82) is 0 Å². The van der Waals surface area contributed by atoms with Crippen LogP contribution in [0.5, 0.6) is 0 Å². The number of nitrogens with zero attached hydrogens (tertiary/aromatic N) is 2. The van der Waals surface area contributed by atoms with Gasteiger partial charge in [0.25, 0.3) is 0 Å². The second kappa shape index (κ2) is 5.95. The molecule has 0 aliphatic carbocycles. The molecule has 5 nitrogen and oxygen atoms in total. The van der Waals surface area contributed by atoms with Crippen LogP contribution in [-0.4, -0.2) is 16.0 Å². The Morgan fingerprint density at radius 2 is 2.21 bits per heavy atom. The Labute approximate surface area is 111 Å². The first-order valence-electron chi connectivity index (χ1n) is 6.05. The first-order chi connectivity index (χ1) is 9.24. The van der Waals surface area contributed by atoms with Crippen molar-refractivity contribution in [3.8, 4) is 0 Å². The van der Waals surface area contributed by atoms with E-state index in [1.807, 2.05) is 37.3 Å². The third-order valence-corrected chi connectivity index (χ3v) is 2.65. The standard InChI is InChI=1S/C14H15N3O2/c1-3-11(18)15-13(10-8-6-5-7-9-10)14-16-12(4-2)19-17-14/h3,5-9,13H,1,4H2,2H3,(H,15,18). The molecule has 1 unspecified atom stereocenters. The maximum Gasteiger partial charge on any atom is 0.244 e. The molecule has 1 atom stereocenters. The summed E-state index contributed by atoms with van der Waals surface area (Å²) in [5.74, 6) is 0.707. The number of hydrogen-bond donors (Lipinski definition) is 1. The number of amides is 1. The highest BCUT2D eigenvalue weighted by Gasteiger charge is 2.21. The number of carbonyl (C=O) groups excluding carboxylic acids is 1. The van der Waals surface area contributed by atoms with Crippen molar-refractivity contribution in [2.24, 2.45) is 0 Å². The highest BCUT2D eigenvalue weighted by molar-refractivity contribution is 5.87. The van der Waals surface area contributed by atoms with E-state index in [1.54, 1.807) is 0 Å². The van der Waals surface area contributed by atoms with Crippen molar-refractivity contribution in [3.63, 3.8) is 0 Å². The minimum Gasteiger partial charge on any atom is -0.339 e. The van der Waals surface area contributed by atoms with Crippen LogP contribution in [0.15, 0.2) is 47.5 Å². The van der Waals surface area contributed by atoms with Crippen LogP contribution >= 0.6 is 0 Å². The fourth-order valence-corrected chi connectivity index (χ4v) is 1.67. The van der Waals surface area contributed by atoms with Crippen LogP contribution < -0.4 is 5.32 Å². The van der Waals surface area contributed by atoms with Crippen LogP contribution in [0.1, 0.15) is 30.2 Å². The van der Waals surface area contributed by atoms with E-state index in [2.05, 4.69) is 22.0 Å². The Kier molecular flexibility index (Phi) is 4.07. The molecule has 5 heteroatoms. The maximum atomic E-state index is 11.5. The fourth-order valence-electron chi connectivity index (χ4n) is 1.67. The summed E-state index contributed by atoms with van der Waals surface area (Å²) >= 11 is 0. The number of aryl methyl sites for hydroxylation is 1. The van der Waals surface area contributed by atoms with Gasteiger partial charge in [-0.1, -0.05) is 49.0 Å². The van der Waals surface area contributed by atoms with Crippen molar-refractivity contribution in [1.82, 2.24) is 15.5 Å². The van der Waals surface area contributed by atoms with Gasteiger partial charge in [0.05, 0.1) is 0 Å². The highest BCUT2D eigenvalue weighted by atomic mass is 16.5. The van der Waals surface area contributed by atoms with Crippen LogP contribution in [0, 0.1) is 0 Å². The monoisotopic (exact) mass is 257 g/mol. The predicted molar refractivity (Wildman–Crippen MR) is 70.3 cm³/mol. The van der Waals surface area contributed by atoms with E-state index in [9.17, 15) is 4.79 Å². The van der Waals surface area contributed by atoms with Crippen molar-refractivity contribution >= 4 is 5.91 Å². The molecule has 1 amide bonds. The van der Waals surface area contributed by atoms with Crippen molar-refractivity contribution < 1.29 is 9.32 Å². The zero-order valence-electron chi connectivity index (χ0n) is 10.7. The van der Waals surface area contributed by atoms with Gasteiger partial charge in [-0.2, -0.15) is 4.98 Å². The first kappa shape index (κ1) is 13.0. The van der Waals surface area contributed by atoms with E-state index in [1.165, 1.54) is 6.08 Å². The summed E-state index contributed by atoms with van der Waals surface area (Å²) in [6.45, 7) is 5.37. The van der Waals surface area contributed by atoms with Gasteiger partial charge in [0.1, 0.15) is 6.04 Å². The van der Waals surface area contributed by atoms with E-state index in [-0.39, 0.29) is 5.91 Å². The SMILES string of the molecule is C=CC(=O)NC(c1ccccc1)c1noc(CC)n1. The molecule has 2 rings (SSSR count). The second-order valence-electron chi connectivity index (χ2n) is 3.96. The normalized spacial score (nSPS) is 11.8. The van der Waals surface area contributed by atoms with Gasteiger partial charge in [-0.25, -0.2) is 0 Å². The fraction of sp³-hybridized carbons (Fsp3) is 0.214. The molecule has 0 saturated heterocycles. The van der Waals surface area contributed by atoms with Gasteiger partial charge in [-0.15, -0.1) is 0 Å². The number of hydrogen-bond acceptors (Lipinski definition) is 4. The van der Waals surface area contributed by atoms with Crippen LogP contribution in [0.2, 0.25) is 0 Å². The predicted octanol–water partition coefficient (Wildman–Crippen LogP) is 2.02. The number of aromatic nitrogens is 2. The molecule has 0 saturated carbocycles. The summed E-state index contributed by atoms with van der Waals surface area (Å²) in [7, 11) is 0. The Hall–Kier alpha value is -2.43. The molecule has 0 fully saturated rings. The summed E-state index contributed by atoms with van der Waals surface area (Å²) in [6.07, 6.45) is 1.88. The van der Waals surface area contributed by atoms with Gasteiger partial charge in [-0.05, 0) is 11.6 Å². The molecule has 1 aromatic heterocycles. The van der Waals surface area contributed by atoms with Crippen molar-refractivity contribution in [3.05, 3.63) is 60.3 Å². The molecular weight excluding hydrogens is 242 g/mol. The molecule has 1 aromatic carbocycles. The molecule has 98 valence electrons. The summed E-state index contributed by atoms with van der Waals surface area (Å²) in [6, 6.07) is 9.05. The third-order valence-electron chi connectivity index (χ3n) is 2.65. The Morgan fingerprint density at radius 3 is 2.79 bits per heavy atom. The van der Waals surface area contributed by atoms with Crippen LogP contribution in [0.4, 0.5) is 0 Å². The lowest BCUT2D eigenvalue weighted by Gasteiger charge is -2.14. The summed E-state index contributed by atoms with van der Waals surface area (Å²) in [4.78, 5) is 15.8. The van der Waals surface area contributed by atoms with Gasteiger partial charge < -0.3 is 9.84 Å². The van der Waals surface area contributed by atoms with Crippen LogP contribution in [0.3, 0.4) is 0 Å². The molecule has 0 bridgehead atoms. The average Bonchev–Trinajstić information content (AvgIpc) is 2.94. The lowest BCUT2D eigenvalue weighted by atomic mass is 10.1. The van der Waals surface area contributed by atoms with Crippen molar-refractivity contribution in [2.75, 3.05) is 0 Å². The largest absolute Gasteiger partial charge is 0.339 e. The molecule has 0 radical (unpaired) electrons. The molecule has 1 N–H and O–H groups in total. The Bertz CT molecular complexity index is 563. The van der Waals surface area contributed by atoms with Crippen molar-refractivity contribution in [2.45, 2.75) is 19.4 Å². The van der Waals surface area contributed by atoms with Gasteiger partial charge in [0.15, 0.2) is 5.82 Å². The molecular formula is C14H15N3O2. The van der Waals surface area contributed by atoms with E-state index < -0.39 is 6.04 Å². The van der Waals surface area contributed by atoms with Gasteiger partial charge in [0, 0.05) is 6.42 Å². The number of benzene rings is 1. The van der Waals surface area contributed by atoms with Gasteiger partial charge >= 0.3 is 0 Å².